The molecule has 2 N–H and O–H groups in total. The number of nitrogens with zero attached hydrogens (tertiary/aromatic N) is 3. The van der Waals surface area contributed by atoms with Gasteiger partial charge in [0.2, 0.25) is 0 Å². The molecule has 0 atom stereocenters. The van der Waals surface area contributed by atoms with Gasteiger partial charge in [-0.1, -0.05) is 6.92 Å². The first-order valence-corrected chi connectivity index (χ1v) is 6.64. The van der Waals surface area contributed by atoms with Crippen molar-refractivity contribution in [2.45, 2.75) is 20.3 Å². The lowest BCUT2D eigenvalue weighted by Crippen LogP contribution is -2.27. The summed E-state index contributed by atoms with van der Waals surface area (Å²) in [6.45, 7) is 6.49. The number of nitrogens with one attached hydrogen (secondary N) is 1. The summed E-state index contributed by atoms with van der Waals surface area (Å²) >= 11 is 3.51. The van der Waals surface area contributed by atoms with E-state index in [4.69, 9.17) is 5.11 Å². The normalized spacial score (nSPS) is 10.4. The zero-order valence-corrected chi connectivity index (χ0v) is 11.9. The van der Waals surface area contributed by atoms with Crippen molar-refractivity contribution in [2.75, 3.05) is 36.5 Å². The summed E-state index contributed by atoms with van der Waals surface area (Å²) in [4.78, 5) is 10.5. The fraction of sp³-hybridized carbons (Fsp3) is 0.636. The first-order valence-electron chi connectivity index (χ1n) is 5.84. The molecule has 0 aromatic carbocycles. The van der Waals surface area contributed by atoms with E-state index in [0.717, 1.165) is 35.6 Å². The minimum Gasteiger partial charge on any atom is -0.395 e. The topological polar surface area (TPSA) is 61.3 Å². The Labute approximate surface area is 110 Å². The Kier molecular flexibility index (Phi) is 6.21. The van der Waals surface area contributed by atoms with E-state index in [1.807, 2.05) is 11.8 Å². The van der Waals surface area contributed by atoms with Gasteiger partial charge in [0.05, 0.1) is 6.61 Å². The fourth-order valence-electron chi connectivity index (χ4n) is 1.48. The third kappa shape index (κ3) is 3.81. The largest absolute Gasteiger partial charge is 0.395 e. The molecule has 1 heterocycles. The van der Waals surface area contributed by atoms with Crippen LogP contribution in [0.2, 0.25) is 0 Å². The molecular weight excluding hydrogens is 284 g/mol. The van der Waals surface area contributed by atoms with E-state index in [1.165, 1.54) is 6.33 Å². The van der Waals surface area contributed by atoms with Gasteiger partial charge >= 0.3 is 0 Å². The summed E-state index contributed by atoms with van der Waals surface area (Å²) < 4.78 is 0.851. The van der Waals surface area contributed by atoms with Crippen LogP contribution in [0.1, 0.15) is 20.3 Å². The molecule has 17 heavy (non-hydrogen) atoms. The first-order chi connectivity index (χ1) is 8.24. The zero-order chi connectivity index (χ0) is 12.7. The van der Waals surface area contributed by atoms with E-state index in [-0.39, 0.29) is 6.61 Å². The second kappa shape index (κ2) is 7.45. The first kappa shape index (κ1) is 14.2. The minimum atomic E-state index is 0.113. The van der Waals surface area contributed by atoms with Crippen LogP contribution in [0.25, 0.3) is 0 Å². The predicted octanol–water partition coefficient (Wildman–Crippen LogP) is 1.88. The van der Waals surface area contributed by atoms with Gasteiger partial charge in [-0.15, -0.1) is 0 Å². The van der Waals surface area contributed by atoms with Crippen LogP contribution in [0.15, 0.2) is 10.8 Å². The van der Waals surface area contributed by atoms with E-state index in [1.54, 1.807) is 0 Å². The third-order valence-corrected chi connectivity index (χ3v) is 3.09. The van der Waals surface area contributed by atoms with Gasteiger partial charge in [-0.2, -0.15) is 0 Å². The van der Waals surface area contributed by atoms with E-state index < -0.39 is 0 Å². The maximum atomic E-state index is 9.01. The highest BCUT2D eigenvalue weighted by Crippen LogP contribution is 2.29. The molecule has 0 bridgehead atoms. The Hall–Kier alpha value is -0.880. The van der Waals surface area contributed by atoms with E-state index in [2.05, 4.69) is 38.1 Å². The van der Waals surface area contributed by atoms with Gasteiger partial charge < -0.3 is 15.3 Å². The number of halogens is 1. The van der Waals surface area contributed by atoms with Crippen molar-refractivity contribution >= 4 is 27.6 Å². The highest BCUT2D eigenvalue weighted by molar-refractivity contribution is 9.10. The van der Waals surface area contributed by atoms with Crippen molar-refractivity contribution < 1.29 is 5.11 Å². The fourth-order valence-corrected chi connectivity index (χ4v) is 2.08. The van der Waals surface area contributed by atoms with Crippen molar-refractivity contribution in [3.05, 3.63) is 10.8 Å². The number of aliphatic hydroxyl groups excluding tert-OH is 1. The summed E-state index contributed by atoms with van der Waals surface area (Å²) in [5, 5.41) is 12.3. The average molecular weight is 303 g/mol. The van der Waals surface area contributed by atoms with Gasteiger partial charge in [0.15, 0.2) is 0 Å². The smallest absolute Gasteiger partial charge is 0.148 e. The molecule has 0 saturated carbocycles. The standard InChI is InChI=1S/C11H19BrN4O/c1-3-5-13-10-9(12)11(15-8-14-10)16(4-2)6-7-17/h8,17H,3-7H2,1-2H3,(H,13,14,15). The molecule has 0 radical (unpaired) electrons. The molecule has 5 nitrogen and oxygen atoms in total. The number of likely N-dealkylation sites (N-methyl/N-ethyl adjacent to an activating group) is 1. The molecule has 1 rings (SSSR count). The Bertz CT molecular complexity index is 348. The van der Waals surface area contributed by atoms with Crippen molar-refractivity contribution in [3.8, 4) is 0 Å². The van der Waals surface area contributed by atoms with Crippen molar-refractivity contribution in [2.24, 2.45) is 0 Å². The van der Waals surface area contributed by atoms with Crippen molar-refractivity contribution in [1.82, 2.24) is 9.97 Å². The van der Waals surface area contributed by atoms with Gasteiger partial charge in [-0.25, -0.2) is 9.97 Å². The van der Waals surface area contributed by atoms with Gasteiger partial charge in [0, 0.05) is 19.6 Å². The van der Waals surface area contributed by atoms with E-state index in [9.17, 15) is 0 Å². The van der Waals surface area contributed by atoms with Crippen LogP contribution in [0, 0.1) is 0 Å². The molecule has 96 valence electrons. The molecule has 6 heteroatoms. The summed E-state index contributed by atoms with van der Waals surface area (Å²) in [7, 11) is 0. The molecule has 0 saturated heterocycles. The van der Waals surface area contributed by atoms with Gasteiger partial charge in [-0.3, -0.25) is 0 Å². The Morgan fingerprint density at radius 1 is 1.41 bits per heavy atom. The van der Waals surface area contributed by atoms with Crippen LogP contribution in [-0.4, -0.2) is 41.3 Å². The van der Waals surface area contributed by atoms with Crippen molar-refractivity contribution in [1.29, 1.82) is 0 Å². The maximum Gasteiger partial charge on any atom is 0.148 e. The molecule has 0 aliphatic rings. The summed E-state index contributed by atoms with van der Waals surface area (Å²) in [5.41, 5.74) is 0. The van der Waals surface area contributed by atoms with Crippen LogP contribution in [0.3, 0.4) is 0 Å². The number of hydrogen-bond acceptors (Lipinski definition) is 5. The Balaban J connectivity index is 2.91. The number of aromatic nitrogens is 2. The zero-order valence-electron chi connectivity index (χ0n) is 10.3. The van der Waals surface area contributed by atoms with Crippen LogP contribution in [-0.2, 0) is 0 Å². The van der Waals surface area contributed by atoms with Crippen LogP contribution < -0.4 is 10.2 Å². The van der Waals surface area contributed by atoms with Gasteiger partial charge in [0.1, 0.15) is 22.4 Å². The van der Waals surface area contributed by atoms with Crippen molar-refractivity contribution in [3.63, 3.8) is 0 Å². The SMILES string of the molecule is CCCNc1ncnc(N(CC)CCO)c1Br. The molecule has 0 fully saturated rings. The summed E-state index contributed by atoms with van der Waals surface area (Å²) in [6.07, 6.45) is 2.58. The summed E-state index contributed by atoms with van der Waals surface area (Å²) in [5.74, 6) is 1.61. The molecule has 0 amide bonds. The number of anilines is 2. The van der Waals surface area contributed by atoms with Crippen LogP contribution in [0.5, 0.6) is 0 Å². The maximum absolute atomic E-state index is 9.01. The van der Waals surface area contributed by atoms with Gasteiger partial charge in [-0.05, 0) is 29.3 Å². The lowest BCUT2D eigenvalue weighted by atomic mass is 10.4. The number of rotatable bonds is 7. The molecule has 0 aliphatic carbocycles. The highest BCUT2D eigenvalue weighted by Gasteiger charge is 2.13. The lowest BCUT2D eigenvalue weighted by molar-refractivity contribution is 0.302. The number of aliphatic hydroxyl groups is 1. The summed E-state index contributed by atoms with van der Waals surface area (Å²) in [6, 6.07) is 0. The second-order valence-corrected chi connectivity index (χ2v) is 4.38. The van der Waals surface area contributed by atoms with E-state index >= 15 is 0 Å². The lowest BCUT2D eigenvalue weighted by Gasteiger charge is -2.22. The molecular formula is C11H19BrN4O. The molecule has 1 aromatic rings. The highest BCUT2D eigenvalue weighted by atomic mass is 79.9. The average Bonchev–Trinajstić information content (AvgIpc) is 2.35. The minimum absolute atomic E-state index is 0.113. The van der Waals surface area contributed by atoms with Crippen LogP contribution in [0.4, 0.5) is 11.6 Å². The predicted molar refractivity (Wildman–Crippen MR) is 73.5 cm³/mol. The Morgan fingerprint density at radius 2 is 2.18 bits per heavy atom. The molecule has 0 unspecified atom stereocenters. The number of hydrogen-bond donors (Lipinski definition) is 2. The van der Waals surface area contributed by atoms with Gasteiger partial charge in [0.25, 0.3) is 0 Å². The molecule has 1 aromatic heterocycles. The third-order valence-electron chi connectivity index (χ3n) is 2.36. The second-order valence-electron chi connectivity index (χ2n) is 3.59. The Morgan fingerprint density at radius 3 is 2.76 bits per heavy atom. The molecule has 0 aliphatic heterocycles. The van der Waals surface area contributed by atoms with E-state index in [0.29, 0.717) is 6.54 Å². The monoisotopic (exact) mass is 302 g/mol. The van der Waals surface area contributed by atoms with Crippen LogP contribution >= 0.6 is 15.9 Å². The molecule has 0 spiro atoms. The quantitative estimate of drug-likeness (QED) is 0.805.